The van der Waals surface area contributed by atoms with E-state index in [-0.39, 0.29) is 5.54 Å². The molecule has 1 aromatic heterocycles. The van der Waals surface area contributed by atoms with Crippen molar-refractivity contribution in [3.63, 3.8) is 0 Å². The van der Waals surface area contributed by atoms with Gasteiger partial charge in [-0.1, -0.05) is 6.07 Å². The van der Waals surface area contributed by atoms with Crippen molar-refractivity contribution < 1.29 is 4.79 Å². The van der Waals surface area contributed by atoms with Crippen LogP contribution in [0.4, 0.5) is 5.82 Å². The first kappa shape index (κ1) is 11.4. The molecule has 0 radical (unpaired) electrons. The van der Waals surface area contributed by atoms with Crippen molar-refractivity contribution >= 4 is 11.9 Å². The molecule has 0 spiro atoms. The highest BCUT2D eigenvalue weighted by Gasteiger charge is 2.47. The summed E-state index contributed by atoms with van der Waals surface area (Å²) in [5.41, 5.74) is 0.790. The summed E-state index contributed by atoms with van der Waals surface area (Å²) in [6, 6.07) is 3.99. The first-order chi connectivity index (χ1) is 8.86. The van der Waals surface area contributed by atoms with Crippen LogP contribution in [0.3, 0.4) is 0 Å². The van der Waals surface area contributed by atoms with E-state index in [9.17, 15) is 4.79 Å². The van der Waals surface area contributed by atoms with Crippen LogP contribution in [0.1, 0.15) is 37.7 Å². The second kappa shape index (κ2) is 4.54. The molecule has 2 heterocycles. The quantitative estimate of drug-likeness (QED) is 0.605. The molecule has 0 atom stereocenters. The van der Waals surface area contributed by atoms with Gasteiger partial charge in [0.05, 0.1) is 0 Å². The number of nitrogens with zero attached hydrogens (tertiary/aromatic N) is 3. The van der Waals surface area contributed by atoms with Crippen LogP contribution in [0.25, 0.3) is 0 Å². The molecule has 1 aliphatic carbocycles. The van der Waals surface area contributed by atoms with E-state index in [0.717, 1.165) is 37.3 Å². The molecule has 1 aromatic rings. The summed E-state index contributed by atoms with van der Waals surface area (Å²) in [6.07, 6.45) is 9.18. The molecule has 2 fully saturated rings. The Kier molecular flexibility index (Phi) is 2.88. The van der Waals surface area contributed by atoms with Crippen molar-refractivity contribution in [3.05, 3.63) is 23.9 Å². The molecule has 1 aliphatic heterocycles. The Morgan fingerprint density at radius 1 is 1.28 bits per heavy atom. The number of anilines is 1. The maximum Gasteiger partial charge on any atom is 0.235 e. The zero-order valence-electron chi connectivity index (χ0n) is 10.4. The summed E-state index contributed by atoms with van der Waals surface area (Å²) in [4.78, 5) is 21.5. The normalized spacial score (nSPS) is 21.2. The first-order valence-corrected chi connectivity index (χ1v) is 6.65. The summed E-state index contributed by atoms with van der Waals surface area (Å²) >= 11 is 0. The Morgan fingerprint density at radius 3 is 2.72 bits per heavy atom. The average Bonchev–Trinajstić information content (AvgIpc) is 3.21. The standard InChI is InChI=1S/C14H17N3O/c18-11-16-14(6-7-14)12-5-4-8-15-13(12)17-9-2-1-3-10-17/h4-5,8H,1-3,6-7,9-10H2. The maximum atomic E-state index is 10.6. The second-order valence-corrected chi connectivity index (χ2v) is 5.16. The summed E-state index contributed by atoms with van der Waals surface area (Å²) in [6.45, 7) is 2.12. The van der Waals surface area contributed by atoms with Gasteiger partial charge in [-0.05, 0) is 38.2 Å². The predicted molar refractivity (Wildman–Crippen MR) is 69.3 cm³/mol. The SMILES string of the molecule is O=C=NC1(c2cccnc2N2CCCCC2)CC1. The zero-order valence-corrected chi connectivity index (χ0v) is 10.4. The highest BCUT2D eigenvalue weighted by atomic mass is 16.1. The van der Waals surface area contributed by atoms with Crippen molar-refractivity contribution in [2.75, 3.05) is 18.0 Å². The number of aromatic nitrogens is 1. The highest BCUT2D eigenvalue weighted by molar-refractivity contribution is 5.54. The molecule has 18 heavy (non-hydrogen) atoms. The molecule has 4 heteroatoms. The Hall–Kier alpha value is -1.67. The largest absolute Gasteiger partial charge is 0.356 e. The lowest BCUT2D eigenvalue weighted by atomic mass is 10.0. The fourth-order valence-corrected chi connectivity index (χ4v) is 2.77. The number of aliphatic imine (C=N–C) groups is 1. The number of hydrogen-bond acceptors (Lipinski definition) is 4. The second-order valence-electron chi connectivity index (χ2n) is 5.16. The van der Waals surface area contributed by atoms with E-state index in [1.807, 2.05) is 12.3 Å². The minimum absolute atomic E-state index is 0.317. The number of hydrogen-bond donors (Lipinski definition) is 0. The van der Waals surface area contributed by atoms with Gasteiger partial charge >= 0.3 is 0 Å². The fraction of sp³-hybridized carbons (Fsp3) is 0.571. The predicted octanol–water partition coefficient (Wildman–Crippen LogP) is 2.40. The number of isocyanates is 1. The molecular formula is C14H17N3O. The van der Waals surface area contributed by atoms with Gasteiger partial charge in [0.2, 0.25) is 6.08 Å². The third-order valence-electron chi connectivity index (χ3n) is 3.93. The van der Waals surface area contributed by atoms with Crippen LogP contribution in [0.2, 0.25) is 0 Å². The number of pyridine rings is 1. The molecule has 0 unspecified atom stereocenters. The van der Waals surface area contributed by atoms with Crippen LogP contribution in [0.5, 0.6) is 0 Å². The summed E-state index contributed by atoms with van der Waals surface area (Å²) in [5.74, 6) is 1.02. The van der Waals surface area contributed by atoms with Gasteiger partial charge in [0.25, 0.3) is 0 Å². The average molecular weight is 243 g/mol. The lowest BCUT2D eigenvalue weighted by molar-refractivity contribution is 0.553. The monoisotopic (exact) mass is 243 g/mol. The molecule has 1 saturated heterocycles. The smallest absolute Gasteiger partial charge is 0.235 e. The lowest BCUT2D eigenvalue weighted by Gasteiger charge is -2.30. The molecule has 4 nitrogen and oxygen atoms in total. The van der Waals surface area contributed by atoms with Gasteiger partial charge in [-0.3, -0.25) is 0 Å². The van der Waals surface area contributed by atoms with Crippen molar-refractivity contribution in [2.24, 2.45) is 4.99 Å². The fourth-order valence-electron chi connectivity index (χ4n) is 2.77. The molecular weight excluding hydrogens is 226 g/mol. The Bertz CT molecular complexity index is 484. The zero-order chi connectivity index (χ0) is 12.4. The third kappa shape index (κ3) is 1.93. The molecule has 0 aromatic carbocycles. The van der Waals surface area contributed by atoms with E-state index in [1.165, 1.54) is 19.3 Å². The van der Waals surface area contributed by atoms with Crippen molar-refractivity contribution in [3.8, 4) is 0 Å². The van der Waals surface area contributed by atoms with Crippen molar-refractivity contribution in [1.29, 1.82) is 0 Å². The summed E-state index contributed by atoms with van der Waals surface area (Å²) < 4.78 is 0. The van der Waals surface area contributed by atoms with Gasteiger partial charge < -0.3 is 4.90 Å². The topological polar surface area (TPSA) is 45.6 Å². The minimum atomic E-state index is -0.317. The number of rotatable bonds is 3. The molecule has 3 rings (SSSR count). The Labute approximate surface area is 107 Å². The van der Waals surface area contributed by atoms with Gasteiger partial charge in [-0.15, -0.1) is 0 Å². The lowest BCUT2D eigenvalue weighted by Crippen LogP contribution is -2.31. The van der Waals surface area contributed by atoms with Crippen LogP contribution < -0.4 is 4.90 Å². The maximum absolute atomic E-state index is 10.6. The van der Waals surface area contributed by atoms with Crippen molar-refractivity contribution in [2.45, 2.75) is 37.6 Å². The van der Waals surface area contributed by atoms with E-state index in [4.69, 9.17) is 0 Å². The molecule has 94 valence electrons. The molecule has 0 amide bonds. The highest BCUT2D eigenvalue weighted by Crippen LogP contribution is 2.51. The van der Waals surface area contributed by atoms with Crippen molar-refractivity contribution in [1.82, 2.24) is 4.98 Å². The third-order valence-corrected chi connectivity index (χ3v) is 3.93. The Balaban J connectivity index is 1.97. The van der Waals surface area contributed by atoms with Crippen LogP contribution >= 0.6 is 0 Å². The van der Waals surface area contributed by atoms with Gasteiger partial charge in [0, 0.05) is 24.8 Å². The van der Waals surface area contributed by atoms with Crippen LogP contribution in [-0.2, 0) is 10.3 Å². The minimum Gasteiger partial charge on any atom is -0.356 e. The van der Waals surface area contributed by atoms with Crippen LogP contribution in [-0.4, -0.2) is 24.2 Å². The molecule has 0 N–H and O–H groups in total. The van der Waals surface area contributed by atoms with E-state index in [1.54, 1.807) is 6.08 Å². The molecule has 0 bridgehead atoms. The van der Waals surface area contributed by atoms with Crippen LogP contribution in [0, 0.1) is 0 Å². The molecule has 1 saturated carbocycles. The van der Waals surface area contributed by atoms with E-state index in [0.29, 0.717) is 0 Å². The Morgan fingerprint density at radius 2 is 2.06 bits per heavy atom. The van der Waals surface area contributed by atoms with E-state index < -0.39 is 0 Å². The van der Waals surface area contributed by atoms with Crippen LogP contribution in [0.15, 0.2) is 23.3 Å². The van der Waals surface area contributed by atoms with Gasteiger partial charge in [0.1, 0.15) is 11.4 Å². The number of piperidine rings is 1. The number of carbonyl (C=O) groups excluding carboxylic acids is 1. The van der Waals surface area contributed by atoms with E-state index in [2.05, 4.69) is 20.9 Å². The summed E-state index contributed by atoms with van der Waals surface area (Å²) in [7, 11) is 0. The summed E-state index contributed by atoms with van der Waals surface area (Å²) in [5, 5.41) is 0. The van der Waals surface area contributed by atoms with Gasteiger partial charge in [-0.25, -0.2) is 9.78 Å². The molecule has 2 aliphatic rings. The van der Waals surface area contributed by atoms with E-state index >= 15 is 0 Å². The van der Waals surface area contributed by atoms with Gasteiger partial charge in [0.15, 0.2) is 0 Å². The van der Waals surface area contributed by atoms with Gasteiger partial charge in [-0.2, -0.15) is 4.99 Å². The first-order valence-electron chi connectivity index (χ1n) is 6.65.